The number of aromatic nitrogens is 1. The monoisotopic (exact) mass is 514 g/mol. The lowest BCUT2D eigenvalue weighted by Gasteiger charge is -2.21. The van der Waals surface area contributed by atoms with Crippen LogP contribution in [0.3, 0.4) is 0 Å². The highest BCUT2D eigenvalue weighted by Gasteiger charge is 2.32. The van der Waals surface area contributed by atoms with Crippen LogP contribution >= 0.6 is 24.0 Å². The second kappa shape index (κ2) is 11.6. The number of nitrogens with one attached hydrogen (secondary N) is 2. The molecule has 2 fully saturated rings. The summed E-state index contributed by atoms with van der Waals surface area (Å²) >= 11 is 0. The Morgan fingerprint density at radius 2 is 2.07 bits per heavy atom. The van der Waals surface area contributed by atoms with Gasteiger partial charge >= 0.3 is 0 Å². The third-order valence-electron chi connectivity index (χ3n) is 5.58. The van der Waals surface area contributed by atoms with Crippen LogP contribution in [0, 0.1) is 5.92 Å². The topological polar surface area (TPSA) is 72.9 Å². The van der Waals surface area contributed by atoms with Crippen molar-refractivity contribution in [2.45, 2.75) is 51.6 Å². The lowest BCUT2D eigenvalue weighted by Crippen LogP contribution is -2.45. The van der Waals surface area contributed by atoms with Gasteiger partial charge in [0.1, 0.15) is 5.82 Å². The molecule has 1 atom stereocenters. The van der Waals surface area contributed by atoms with Crippen LogP contribution in [-0.4, -0.2) is 61.5 Å². The summed E-state index contributed by atoms with van der Waals surface area (Å²) in [6, 6.07) is 4.32. The number of hydrogen-bond donors (Lipinski definition) is 2. The minimum atomic E-state index is 0. The largest absolute Gasteiger partial charge is 0.363 e. The van der Waals surface area contributed by atoms with Gasteiger partial charge in [-0.15, -0.1) is 24.0 Å². The van der Waals surface area contributed by atoms with Gasteiger partial charge in [-0.25, -0.2) is 9.98 Å². The van der Waals surface area contributed by atoms with Crippen molar-refractivity contribution in [2.24, 2.45) is 10.9 Å². The van der Waals surface area contributed by atoms with Gasteiger partial charge in [0.05, 0.1) is 6.54 Å². The van der Waals surface area contributed by atoms with E-state index in [9.17, 15) is 4.79 Å². The van der Waals surface area contributed by atoms with Crippen molar-refractivity contribution in [3.05, 3.63) is 23.9 Å². The molecule has 2 heterocycles. The van der Waals surface area contributed by atoms with Gasteiger partial charge in [-0.3, -0.25) is 4.79 Å². The fraction of sp³-hybridized carbons (Fsp3) is 0.667. The summed E-state index contributed by atoms with van der Waals surface area (Å²) < 4.78 is 0. The predicted octanol–water partition coefficient (Wildman–Crippen LogP) is 2.61. The second-order valence-corrected chi connectivity index (χ2v) is 8.01. The maximum absolute atomic E-state index is 12.6. The summed E-state index contributed by atoms with van der Waals surface area (Å²) in [5.74, 6) is 2.36. The van der Waals surface area contributed by atoms with E-state index in [1.807, 2.05) is 36.2 Å². The molecule has 0 aromatic carbocycles. The molecule has 3 rings (SSSR count). The van der Waals surface area contributed by atoms with Gasteiger partial charge < -0.3 is 20.4 Å². The van der Waals surface area contributed by atoms with E-state index in [-0.39, 0.29) is 35.9 Å². The normalized spacial score (nSPS) is 19.8. The molecule has 0 radical (unpaired) electrons. The molecule has 1 unspecified atom stereocenters. The van der Waals surface area contributed by atoms with Crippen molar-refractivity contribution < 1.29 is 4.79 Å². The maximum atomic E-state index is 12.6. The molecule has 1 aromatic rings. The number of nitrogens with zero attached hydrogens (tertiary/aromatic N) is 4. The molecule has 0 spiro atoms. The third-order valence-corrected chi connectivity index (χ3v) is 5.58. The molecule has 1 amide bonds. The Morgan fingerprint density at radius 1 is 1.31 bits per heavy atom. The van der Waals surface area contributed by atoms with E-state index in [1.165, 1.54) is 12.8 Å². The summed E-state index contributed by atoms with van der Waals surface area (Å²) in [6.07, 6.45) is 7.34. The van der Waals surface area contributed by atoms with Gasteiger partial charge in [0, 0.05) is 51.9 Å². The highest BCUT2D eigenvalue weighted by Crippen LogP contribution is 2.27. The van der Waals surface area contributed by atoms with E-state index in [1.54, 1.807) is 0 Å². The number of halogens is 1. The first kappa shape index (κ1) is 23.7. The zero-order chi connectivity index (χ0) is 19.9. The second-order valence-electron chi connectivity index (χ2n) is 8.01. The van der Waals surface area contributed by atoms with E-state index in [0.29, 0.717) is 12.5 Å². The zero-order valence-corrected chi connectivity index (χ0v) is 20.2. The van der Waals surface area contributed by atoms with Crippen LogP contribution in [0.25, 0.3) is 0 Å². The van der Waals surface area contributed by atoms with Crippen LogP contribution in [0.4, 0.5) is 5.82 Å². The smallest absolute Gasteiger partial charge is 0.225 e. The first-order valence-corrected chi connectivity index (χ1v) is 10.5. The summed E-state index contributed by atoms with van der Waals surface area (Å²) in [5, 5.41) is 6.84. The van der Waals surface area contributed by atoms with Crippen molar-refractivity contribution in [1.29, 1.82) is 0 Å². The molecule has 29 heavy (non-hydrogen) atoms. The van der Waals surface area contributed by atoms with Crippen molar-refractivity contribution in [1.82, 2.24) is 20.5 Å². The quantitative estimate of drug-likeness (QED) is 0.347. The van der Waals surface area contributed by atoms with Crippen molar-refractivity contribution in [3.8, 4) is 0 Å². The number of likely N-dealkylation sites (tertiary alicyclic amines) is 1. The van der Waals surface area contributed by atoms with Gasteiger partial charge in [-0.05, 0) is 43.9 Å². The maximum Gasteiger partial charge on any atom is 0.225 e. The molecule has 1 aromatic heterocycles. The molecule has 2 aliphatic rings. The minimum Gasteiger partial charge on any atom is -0.363 e. The number of guanidine groups is 1. The molecular weight excluding hydrogens is 479 g/mol. The average Bonchev–Trinajstić information content (AvgIpc) is 3.38. The lowest BCUT2D eigenvalue weighted by atomic mass is 10.1. The zero-order valence-electron chi connectivity index (χ0n) is 17.9. The molecule has 1 saturated carbocycles. The Kier molecular flexibility index (Phi) is 9.45. The number of amides is 1. The molecule has 0 bridgehead atoms. The minimum absolute atomic E-state index is 0. The third kappa shape index (κ3) is 6.72. The van der Waals surface area contributed by atoms with Crippen molar-refractivity contribution in [2.75, 3.05) is 38.6 Å². The SMILES string of the molecule is CCNC(=NCc1ccnc(N(C)C)c1)NC1CCN(C(=O)C2CCCC2)C1.I. The van der Waals surface area contributed by atoms with Gasteiger partial charge in [0.15, 0.2) is 5.96 Å². The Labute approximate surface area is 191 Å². The number of anilines is 1. The molecule has 1 saturated heterocycles. The number of rotatable bonds is 6. The Bertz CT molecular complexity index is 690. The summed E-state index contributed by atoms with van der Waals surface area (Å²) in [5.41, 5.74) is 1.13. The Morgan fingerprint density at radius 3 is 2.76 bits per heavy atom. The number of pyridine rings is 1. The first-order chi connectivity index (χ1) is 13.6. The van der Waals surface area contributed by atoms with Gasteiger partial charge in [-0.1, -0.05) is 12.8 Å². The standard InChI is InChI=1S/C21H34N6O.HI/c1-4-22-21(24-14-16-9-11-23-19(13-16)26(2)3)25-18-10-12-27(15-18)20(28)17-7-5-6-8-17;/h9,11,13,17-18H,4-8,10,12,14-15H2,1-3H3,(H2,22,24,25);1H. The van der Waals surface area contributed by atoms with Crippen LogP contribution in [0.2, 0.25) is 0 Å². The molecule has 1 aliphatic carbocycles. The van der Waals surface area contributed by atoms with Gasteiger partial charge in [0.2, 0.25) is 5.91 Å². The Hall–Kier alpha value is -1.58. The number of hydrogen-bond acceptors (Lipinski definition) is 4. The van der Waals surface area contributed by atoms with E-state index < -0.39 is 0 Å². The summed E-state index contributed by atoms with van der Waals surface area (Å²) in [6.45, 7) is 5.10. The molecule has 1 aliphatic heterocycles. The number of carbonyl (C=O) groups is 1. The summed E-state index contributed by atoms with van der Waals surface area (Å²) in [4.78, 5) is 25.8. The molecule has 8 heteroatoms. The van der Waals surface area contributed by atoms with Crippen molar-refractivity contribution in [3.63, 3.8) is 0 Å². The number of carbonyl (C=O) groups excluding carboxylic acids is 1. The Balaban J connectivity index is 0.00000300. The van der Waals surface area contributed by atoms with Gasteiger partial charge in [-0.2, -0.15) is 0 Å². The first-order valence-electron chi connectivity index (χ1n) is 10.5. The molecule has 2 N–H and O–H groups in total. The number of aliphatic imine (C=N–C) groups is 1. The van der Waals surface area contributed by atoms with Gasteiger partial charge in [0.25, 0.3) is 0 Å². The van der Waals surface area contributed by atoms with E-state index in [4.69, 9.17) is 4.99 Å². The van der Waals surface area contributed by atoms with Crippen LogP contribution in [0.15, 0.2) is 23.3 Å². The molecule has 7 nitrogen and oxygen atoms in total. The van der Waals surface area contributed by atoms with Crippen LogP contribution in [0.5, 0.6) is 0 Å². The van der Waals surface area contributed by atoms with Crippen LogP contribution in [0.1, 0.15) is 44.6 Å². The summed E-state index contributed by atoms with van der Waals surface area (Å²) in [7, 11) is 3.97. The highest BCUT2D eigenvalue weighted by atomic mass is 127. The predicted molar refractivity (Wildman–Crippen MR) is 129 cm³/mol. The molecule has 162 valence electrons. The fourth-order valence-electron chi connectivity index (χ4n) is 4.00. The van der Waals surface area contributed by atoms with Crippen LogP contribution in [-0.2, 0) is 11.3 Å². The molecular formula is C21H35IN6O. The van der Waals surface area contributed by atoms with Crippen molar-refractivity contribution >= 4 is 41.7 Å². The fourth-order valence-corrected chi connectivity index (χ4v) is 4.00. The lowest BCUT2D eigenvalue weighted by molar-refractivity contribution is -0.134. The van der Waals surface area contributed by atoms with E-state index in [0.717, 1.165) is 56.2 Å². The average molecular weight is 514 g/mol. The van der Waals surface area contributed by atoms with E-state index in [2.05, 4.69) is 28.6 Å². The van der Waals surface area contributed by atoms with Crippen LogP contribution < -0.4 is 15.5 Å². The highest BCUT2D eigenvalue weighted by molar-refractivity contribution is 14.0. The van der Waals surface area contributed by atoms with E-state index >= 15 is 0 Å².